The highest BCUT2D eigenvalue weighted by Crippen LogP contribution is 2.22. The van der Waals surface area contributed by atoms with Crippen molar-refractivity contribution < 1.29 is 4.74 Å². The molecule has 2 aromatic rings. The Morgan fingerprint density at radius 1 is 1.24 bits per heavy atom. The van der Waals surface area contributed by atoms with E-state index in [2.05, 4.69) is 4.98 Å². The predicted molar refractivity (Wildman–Crippen MR) is 67.7 cm³/mol. The number of H-pyrrole nitrogens is 1. The number of hydrogen-bond donors (Lipinski definition) is 1. The number of rotatable bonds is 1. The van der Waals surface area contributed by atoms with Crippen LogP contribution in [0, 0.1) is 0 Å². The lowest BCUT2D eigenvalue weighted by Crippen LogP contribution is -2.07. The van der Waals surface area contributed by atoms with E-state index >= 15 is 0 Å². The molecule has 0 amide bonds. The average molecular weight is 227 g/mol. The van der Waals surface area contributed by atoms with E-state index in [9.17, 15) is 4.79 Å². The SMILES string of the molecule is O=c1cc(C2=COCCC2)[nH]c2ccccc12. The molecule has 0 aliphatic carbocycles. The van der Waals surface area contributed by atoms with Crippen molar-refractivity contribution in [2.75, 3.05) is 6.61 Å². The Kier molecular flexibility index (Phi) is 2.44. The van der Waals surface area contributed by atoms with Crippen molar-refractivity contribution in [3.63, 3.8) is 0 Å². The lowest BCUT2D eigenvalue weighted by molar-refractivity contribution is 0.235. The lowest BCUT2D eigenvalue weighted by Gasteiger charge is -2.14. The molecule has 1 aromatic carbocycles. The van der Waals surface area contributed by atoms with E-state index in [0.717, 1.165) is 41.6 Å². The first-order chi connectivity index (χ1) is 8.34. The molecule has 0 fully saturated rings. The van der Waals surface area contributed by atoms with Crippen LogP contribution in [0.4, 0.5) is 0 Å². The molecular weight excluding hydrogens is 214 g/mol. The summed E-state index contributed by atoms with van der Waals surface area (Å²) in [6.45, 7) is 0.765. The van der Waals surface area contributed by atoms with E-state index in [1.165, 1.54) is 0 Å². The number of hydrogen-bond acceptors (Lipinski definition) is 2. The van der Waals surface area contributed by atoms with Crippen LogP contribution in [0.3, 0.4) is 0 Å². The minimum atomic E-state index is 0.0563. The number of fused-ring (bicyclic) bond motifs is 1. The van der Waals surface area contributed by atoms with Gasteiger partial charge in [0.15, 0.2) is 5.43 Å². The van der Waals surface area contributed by atoms with Gasteiger partial charge in [0, 0.05) is 28.2 Å². The van der Waals surface area contributed by atoms with Crippen molar-refractivity contribution in [1.29, 1.82) is 0 Å². The van der Waals surface area contributed by atoms with Gasteiger partial charge in [0.1, 0.15) is 0 Å². The zero-order valence-electron chi connectivity index (χ0n) is 9.40. The van der Waals surface area contributed by atoms with Gasteiger partial charge < -0.3 is 9.72 Å². The molecule has 0 saturated carbocycles. The van der Waals surface area contributed by atoms with Crippen LogP contribution in [-0.4, -0.2) is 11.6 Å². The second kappa shape index (κ2) is 4.09. The highest BCUT2D eigenvalue weighted by Gasteiger charge is 2.09. The standard InChI is InChI=1S/C14H13NO2/c16-14-8-13(10-4-3-7-17-9-10)15-12-6-2-1-5-11(12)14/h1-2,5-6,8-9H,3-4,7H2,(H,15,16). The van der Waals surface area contributed by atoms with Crippen LogP contribution >= 0.6 is 0 Å². The number of pyridine rings is 1. The summed E-state index contributed by atoms with van der Waals surface area (Å²) in [7, 11) is 0. The van der Waals surface area contributed by atoms with Crippen molar-refractivity contribution in [3.05, 3.63) is 52.5 Å². The quantitative estimate of drug-likeness (QED) is 0.813. The molecule has 0 atom stereocenters. The number of nitrogens with one attached hydrogen (secondary N) is 1. The third-order valence-electron chi connectivity index (χ3n) is 3.02. The van der Waals surface area contributed by atoms with Crippen molar-refractivity contribution >= 4 is 16.5 Å². The van der Waals surface area contributed by atoms with Gasteiger partial charge in [0.2, 0.25) is 0 Å². The number of benzene rings is 1. The molecule has 2 heterocycles. The maximum atomic E-state index is 12.0. The molecule has 17 heavy (non-hydrogen) atoms. The Labute approximate surface area is 98.7 Å². The molecule has 0 spiro atoms. The average Bonchev–Trinajstić information content (AvgIpc) is 2.40. The molecule has 0 bridgehead atoms. The van der Waals surface area contributed by atoms with E-state index in [4.69, 9.17) is 4.74 Å². The predicted octanol–water partition coefficient (Wildman–Crippen LogP) is 2.68. The lowest BCUT2D eigenvalue weighted by atomic mass is 10.1. The van der Waals surface area contributed by atoms with Gasteiger partial charge in [-0.15, -0.1) is 0 Å². The van der Waals surface area contributed by atoms with Crippen LogP contribution in [-0.2, 0) is 4.74 Å². The Morgan fingerprint density at radius 3 is 2.94 bits per heavy atom. The number of allylic oxidation sites excluding steroid dienone is 1. The summed E-state index contributed by atoms with van der Waals surface area (Å²) in [6, 6.07) is 9.21. The van der Waals surface area contributed by atoms with Gasteiger partial charge in [0.25, 0.3) is 0 Å². The summed E-state index contributed by atoms with van der Waals surface area (Å²) >= 11 is 0. The second-order valence-electron chi connectivity index (χ2n) is 4.21. The topological polar surface area (TPSA) is 42.1 Å². The van der Waals surface area contributed by atoms with Crippen molar-refractivity contribution in [3.8, 4) is 0 Å². The molecule has 3 rings (SSSR count). The van der Waals surface area contributed by atoms with Crippen LogP contribution in [0.5, 0.6) is 0 Å². The van der Waals surface area contributed by atoms with E-state index < -0.39 is 0 Å². The zero-order valence-corrected chi connectivity index (χ0v) is 9.40. The molecule has 3 nitrogen and oxygen atoms in total. The number of para-hydroxylation sites is 1. The Balaban J connectivity index is 2.18. The van der Waals surface area contributed by atoms with Crippen LogP contribution in [0.1, 0.15) is 18.5 Å². The summed E-state index contributed by atoms with van der Waals surface area (Å²) < 4.78 is 5.30. The summed E-state index contributed by atoms with van der Waals surface area (Å²) in [4.78, 5) is 15.2. The van der Waals surface area contributed by atoms with Crippen LogP contribution in [0.15, 0.2) is 41.4 Å². The molecule has 1 aliphatic rings. The van der Waals surface area contributed by atoms with Crippen LogP contribution in [0.25, 0.3) is 16.5 Å². The van der Waals surface area contributed by atoms with Crippen molar-refractivity contribution in [2.24, 2.45) is 0 Å². The van der Waals surface area contributed by atoms with Crippen molar-refractivity contribution in [1.82, 2.24) is 4.98 Å². The molecule has 86 valence electrons. The maximum absolute atomic E-state index is 12.0. The Hall–Kier alpha value is -2.03. The highest BCUT2D eigenvalue weighted by atomic mass is 16.5. The van der Waals surface area contributed by atoms with Gasteiger partial charge in [-0.1, -0.05) is 12.1 Å². The summed E-state index contributed by atoms with van der Waals surface area (Å²) in [6.07, 6.45) is 3.71. The minimum Gasteiger partial charge on any atom is -0.501 e. The summed E-state index contributed by atoms with van der Waals surface area (Å²) in [5.41, 5.74) is 2.87. The molecule has 3 heteroatoms. The fourth-order valence-electron chi connectivity index (χ4n) is 2.13. The fraction of sp³-hybridized carbons (Fsp3) is 0.214. The van der Waals surface area contributed by atoms with Crippen molar-refractivity contribution in [2.45, 2.75) is 12.8 Å². The maximum Gasteiger partial charge on any atom is 0.190 e. The fourth-order valence-corrected chi connectivity index (χ4v) is 2.13. The Bertz CT molecular complexity index is 640. The third-order valence-corrected chi connectivity index (χ3v) is 3.02. The first-order valence-corrected chi connectivity index (χ1v) is 5.78. The smallest absolute Gasteiger partial charge is 0.190 e. The van der Waals surface area contributed by atoms with Gasteiger partial charge in [-0.3, -0.25) is 4.79 Å². The van der Waals surface area contributed by atoms with Gasteiger partial charge >= 0.3 is 0 Å². The van der Waals surface area contributed by atoms with Gasteiger partial charge in [0.05, 0.1) is 12.9 Å². The number of ether oxygens (including phenoxy) is 1. The first-order valence-electron chi connectivity index (χ1n) is 5.78. The molecule has 0 unspecified atom stereocenters. The van der Waals surface area contributed by atoms with Crippen LogP contribution in [0.2, 0.25) is 0 Å². The monoisotopic (exact) mass is 227 g/mol. The molecule has 1 aliphatic heterocycles. The zero-order chi connectivity index (χ0) is 11.7. The second-order valence-corrected chi connectivity index (χ2v) is 4.21. The highest BCUT2D eigenvalue weighted by molar-refractivity contribution is 5.80. The third kappa shape index (κ3) is 1.84. The van der Waals surface area contributed by atoms with Gasteiger partial charge in [-0.2, -0.15) is 0 Å². The van der Waals surface area contributed by atoms with Gasteiger partial charge in [-0.25, -0.2) is 0 Å². The number of aromatic nitrogens is 1. The molecule has 1 aromatic heterocycles. The first kappa shape index (κ1) is 10.1. The normalized spacial score (nSPS) is 15.4. The summed E-state index contributed by atoms with van der Waals surface area (Å²) in [5, 5.41) is 0.730. The largest absolute Gasteiger partial charge is 0.501 e. The molecule has 1 N–H and O–H groups in total. The van der Waals surface area contributed by atoms with E-state index in [1.807, 2.05) is 24.3 Å². The minimum absolute atomic E-state index is 0.0563. The van der Waals surface area contributed by atoms with Gasteiger partial charge in [-0.05, 0) is 25.0 Å². The molecule has 0 radical (unpaired) electrons. The van der Waals surface area contributed by atoms with E-state index in [1.54, 1.807) is 12.3 Å². The summed E-state index contributed by atoms with van der Waals surface area (Å²) in [5.74, 6) is 0. The Morgan fingerprint density at radius 2 is 2.12 bits per heavy atom. The van der Waals surface area contributed by atoms with E-state index in [-0.39, 0.29) is 5.43 Å². The van der Waals surface area contributed by atoms with E-state index in [0.29, 0.717) is 0 Å². The number of aromatic amines is 1. The molecule has 0 saturated heterocycles. The van der Waals surface area contributed by atoms with Crippen LogP contribution < -0.4 is 5.43 Å². The molecular formula is C14H13NO2.